The van der Waals surface area contributed by atoms with E-state index in [1.165, 1.54) is 6.07 Å². The van der Waals surface area contributed by atoms with Crippen LogP contribution >= 0.6 is 0 Å². The van der Waals surface area contributed by atoms with E-state index < -0.39 is 0 Å². The molecule has 2 N–H and O–H groups in total. The van der Waals surface area contributed by atoms with Gasteiger partial charge in [0.1, 0.15) is 5.82 Å². The van der Waals surface area contributed by atoms with Crippen molar-refractivity contribution in [2.24, 2.45) is 0 Å². The number of rotatable bonds is 9. The summed E-state index contributed by atoms with van der Waals surface area (Å²) in [5.41, 5.74) is 0.591. The molecule has 0 aliphatic heterocycles. The van der Waals surface area contributed by atoms with Crippen LogP contribution in [0.2, 0.25) is 0 Å². The monoisotopic (exact) mass is 281 g/mol. The molecule has 0 spiro atoms. The third-order valence-corrected chi connectivity index (χ3v) is 3.09. The van der Waals surface area contributed by atoms with Crippen molar-refractivity contribution in [1.82, 2.24) is 10.6 Å². The van der Waals surface area contributed by atoms with Gasteiger partial charge in [-0.25, -0.2) is 4.39 Å². The van der Waals surface area contributed by atoms with Crippen molar-refractivity contribution in [3.05, 3.63) is 30.1 Å². The number of carbonyl (C=O) groups is 1. The molecule has 0 aliphatic carbocycles. The first-order chi connectivity index (χ1) is 9.65. The lowest BCUT2D eigenvalue weighted by molar-refractivity contribution is -0.121. The number of benzene rings is 1. The van der Waals surface area contributed by atoms with Crippen molar-refractivity contribution >= 4 is 11.6 Å². The first kappa shape index (κ1) is 16.4. The van der Waals surface area contributed by atoms with E-state index in [0.29, 0.717) is 25.2 Å². The Balaban J connectivity index is 2.18. The van der Waals surface area contributed by atoms with Crippen LogP contribution in [0.25, 0.3) is 0 Å². The SMILES string of the molecule is CNCCCC(=O)NCCCN(C)c1ccccc1F. The number of para-hydroxylation sites is 1. The van der Waals surface area contributed by atoms with Crippen LogP contribution < -0.4 is 15.5 Å². The molecule has 0 aliphatic rings. The summed E-state index contributed by atoms with van der Waals surface area (Å²) in [4.78, 5) is 13.3. The van der Waals surface area contributed by atoms with Gasteiger partial charge in [-0.2, -0.15) is 0 Å². The number of hydrogen-bond donors (Lipinski definition) is 2. The van der Waals surface area contributed by atoms with E-state index in [4.69, 9.17) is 0 Å². The fraction of sp³-hybridized carbons (Fsp3) is 0.533. The second kappa shape index (κ2) is 9.31. The summed E-state index contributed by atoms with van der Waals surface area (Å²) in [5.74, 6) is -0.139. The fourth-order valence-corrected chi connectivity index (χ4v) is 1.94. The van der Waals surface area contributed by atoms with E-state index in [2.05, 4.69) is 10.6 Å². The molecule has 1 rings (SSSR count). The number of amides is 1. The zero-order chi connectivity index (χ0) is 14.8. The maximum absolute atomic E-state index is 13.5. The van der Waals surface area contributed by atoms with Crippen molar-refractivity contribution in [2.45, 2.75) is 19.3 Å². The number of nitrogens with one attached hydrogen (secondary N) is 2. The molecule has 4 nitrogen and oxygen atoms in total. The molecule has 0 bridgehead atoms. The average molecular weight is 281 g/mol. The smallest absolute Gasteiger partial charge is 0.220 e. The number of nitrogens with zero attached hydrogens (tertiary/aromatic N) is 1. The summed E-state index contributed by atoms with van der Waals surface area (Å²) in [6, 6.07) is 6.71. The maximum atomic E-state index is 13.5. The number of hydrogen-bond acceptors (Lipinski definition) is 3. The Morgan fingerprint density at radius 1 is 1.25 bits per heavy atom. The molecule has 1 amide bonds. The summed E-state index contributed by atoms with van der Waals surface area (Å²) < 4.78 is 13.5. The summed E-state index contributed by atoms with van der Waals surface area (Å²) in [7, 11) is 3.73. The third kappa shape index (κ3) is 6.02. The van der Waals surface area contributed by atoms with Gasteiger partial charge in [-0.15, -0.1) is 0 Å². The Bertz CT molecular complexity index is 412. The highest BCUT2D eigenvalue weighted by Crippen LogP contribution is 2.16. The van der Waals surface area contributed by atoms with Crippen LogP contribution in [0.1, 0.15) is 19.3 Å². The van der Waals surface area contributed by atoms with E-state index >= 15 is 0 Å². The minimum Gasteiger partial charge on any atom is -0.372 e. The van der Waals surface area contributed by atoms with Crippen LogP contribution in [-0.2, 0) is 4.79 Å². The van der Waals surface area contributed by atoms with Gasteiger partial charge < -0.3 is 15.5 Å². The minimum absolute atomic E-state index is 0.0776. The quantitative estimate of drug-likeness (QED) is 0.678. The molecule has 0 heterocycles. The van der Waals surface area contributed by atoms with E-state index in [0.717, 1.165) is 19.4 Å². The molecule has 20 heavy (non-hydrogen) atoms. The lowest BCUT2D eigenvalue weighted by atomic mass is 10.2. The molecule has 1 aromatic rings. The zero-order valence-corrected chi connectivity index (χ0v) is 12.3. The van der Waals surface area contributed by atoms with Gasteiger partial charge >= 0.3 is 0 Å². The molecule has 0 aromatic heterocycles. The van der Waals surface area contributed by atoms with Gasteiger partial charge in [0, 0.05) is 26.6 Å². The highest BCUT2D eigenvalue weighted by molar-refractivity contribution is 5.75. The molecular formula is C15H24FN3O. The lowest BCUT2D eigenvalue weighted by Gasteiger charge is -2.19. The first-order valence-electron chi connectivity index (χ1n) is 7.02. The van der Waals surface area contributed by atoms with Gasteiger partial charge in [0.15, 0.2) is 0 Å². The second-order valence-electron chi connectivity index (χ2n) is 4.78. The fourth-order valence-electron chi connectivity index (χ4n) is 1.94. The molecule has 0 unspecified atom stereocenters. The predicted octanol–water partition coefficient (Wildman–Crippen LogP) is 1.77. The number of anilines is 1. The predicted molar refractivity (Wildman–Crippen MR) is 80.5 cm³/mol. The molecule has 5 heteroatoms. The highest BCUT2D eigenvalue weighted by Gasteiger charge is 2.06. The molecular weight excluding hydrogens is 257 g/mol. The molecule has 0 radical (unpaired) electrons. The van der Waals surface area contributed by atoms with Crippen molar-refractivity contribution in [1.29, 1.82) is 0 Å². The van der Waals surface area contributed by atoms with Gasteiger partial charge in [-0.1, -0.05) is 12.1 Å². The summed E-state index contributed by atoms with van der Waals surface area (Å²) in [6.45, 7) is 2.18. The Labute approximate surface area is 120 Å². The topological polar surface area (TPSA) is 44.4 Å². The van der Waals surface area contributed by atoms with Crippen LogP contribution in [0, 0.1) is 5.82 Å². The lowest BCUT2D eigenvalue weighted by Crippen LogP contribution is -2.28. The highest BCUT2D eigenvalue weighted by atomic mass is 19.1. The van der Waals surface area contributed by atoms with Crippen LogP contribution in [0.4, 0.5) is 10.1 Å². The molecule has 1 aromatic carbocycles. The molecule has 0 atom stereocenters. The van der Waals surface area contributed by atoms with Gasteiger partial charge in [0.2, 0.25) is 5.91 Å². The average Bonchev–Trinajstić information content (AvgIpc) is 2.44. The van der Waals surface area contributed by atoms with Crippen molar-refractivity contribution < 1.29 is 9.18 Å². The minimum atomic E-state index is -0.217. The third-order valence-electron chi connectivity index (χ3n) is 3.09. The maximum Gasteiger partial charge on any atom is 0.220 e. The van der Waals surface area contributed by atoms with Crippen LogP contribution in [0.5, 0.6) is 0 Å². The van der Waals surface area contributed by atoms with Gasteiger partial charge in [-0.3, -0.25) is 4.79 Å². The van der Waals surface area contributed by atoms with Gasteiger partial charge in [-0.05, 0) is 38.6 Å². The molecule has 112 valence electrons. The van der Waals surface area contributed by atoms with E-state index in [9.17, 15) is 9.18 Å². The molecule has 0 fully saturated rings. The summed E-state index contributed by atoms with van der Waals surface area (Å²) >= 11 is 0. The van der Waals surface area contributed by atoms with Crippen LogP contribution in [0.15, 0.2) is 24.3 Å². The standard InChI is InChI=1S/C15H24FN3O/c1-17-10-5-9-15(20)18-11-6-12-19(2)14-8-4-3-7-13(14)16/h3-4,7-8,17H,5-6,9-12H2,1-2H3,(H,18,20). The van der Waals surface area contributed by atoms with Crippen molar-refractivity contribution in [3.63, 3.8) is 0 Å². The van der Waals surface area contributed by atoms with Gasteiger partial charge in [0.05, 0.1) is 5.69 Å². The Morgan fingerprint density at radius 3 is 2.70 bits per heavy atom. The largest absolute Gasteiger partial charge is 0.372 e. The Morgan fingerprint density at radius 2 is 2.00 bits per heavy atom. The second-order valence-corrected chi connectivity index (χ2v) is 4.78. The van der Waals surface area contributed by atoms with Crippen molar-refractivity contribution in [3.8, 4) is 0 Å². The van der Waals surface area contributed by atoms with E-state index in [1.54, 1.807) is 12.1 Å². The molecule has 0 saturated carbocycles. The van der Waals surface area contributed by atoms with Crippen LogP contribution in [0.3, 0.4) is 0 Å². The first-order valence-corrected chi connectivity index (χ1v) is 7.02. The van der Waals surface area contributed by atoms with E-state index in [1.807, 2.05) is 25.1 Å². The summed E-state index contributed by atoms with van der Waals surface area (Å²) in [6.07, 6.45) is 2.18. The Kier molecular flexibility index (Phi) is 7.65. The number of carbonyl (C=O) groups excluding carboxylic acids is 1. The zero-order valence-electron chi connectivity index (χ0n) is 12.3. The normalized spacial score (nSPS) is 10.3. The van der Waals surface area contributed by atoms with Gasteiger partial charge in [0.25, 0.3) is 0 Å². The molecule has 0 saturated heterocycles. The van der Waals surface area contributed by atoms with Crippen molar-refractivity contribution in [2.75, 3.05) is 38.6 Å². The van der Waals surface area contributed by atoms with Crippen LogP contribution in [-0.4, -0.2) is 39.6 Å². The summed E-state index contributed by atoms with van der Waals surface area (Å²) in [5, 5.41) is 5.88. The number of halogens is 1. The van der Waals surface area contributed by atoms with E-state index in [-0.39, 0.29) is 11.7 Å². The Hall–Kier alpha value is -1.62.